The van der Waals surface area contributed by atoms with Crippen LogP contribution in [0.25, 0.3) is 5.52 Å². The van der Waals surface area contributed by atoms with Gasteiger partial charge in [-0.15, -0.1) is 0 Å². The molecule has 23 heavy (non-hydrogen) atoms. The highest BCUT2D eigenvalue weighted by Crippen LogP contribution is 2.37. The van der Waals surface area contributed by atoms with Crippen molar-refractivity contribution in [3.8, 4) is 0 Å². The highest BCUT2D eigenvalue weighted by Gasteiger charge is 2.34. The fourth-order valence-electron chi connectivity index (χ4n) is 3.30. The van der Waals surface area contributed by atoms with Crippen molar-refractivity contribution in [3.05, 3.63) is 59.8 Å². The third-order valence-electron chi connectivity index (χ3n) is 4.30. The second-order valence-corrected chi connectivity index (χ2v) is 5.98. The van der Waals surface area contributed by atoms with Gasteiger partial charge in [-0.05, 0) is 37.1 Å². The van der Waals surface area contributed by atoms with Gasteiger partial charge in [0.2, 0.25) is 0 Å². The van der Waals surface area contributed by atoms with E-state index in [1.54, 1.807) is 22.8 Å². The Morgan fingerprint density at radius 3 is 2.83 bits per heavy atom. The first-order valence-electron chi connectivity index (χ1n) is 7.63. The summed E-state index contributed by atoms with van der Waals surface area (Å²) in [6.45, 7) is 2.44. The molecule has 0 amide bonds. The van der Waals surface area contributed by atoms with Crippen LogP contribution < -0.4 is 4.90 Å². The molecule has 1 N–H and O–H groups in total. The summed E-state index contributed by atoms with van der Waals surface area (Å²) in [7, 11) is 0. The van der Waals surface area contributed by atoms with E-state index in [0.717, 1.165) is 22.6 Å². The molecule has 0 aliphatic carbocycles. The monoisotopic (exact) mass is 312 g/mol. The number of anilines is 1. The lowest BCUT2D eigenvalue weighted by molar-refractivity contribution is 0.194. The highest BCUT2D eigenvalue weighted by molar-refractivity contribution is 5.70. The van der Waals surface area contributed by atoms with Crippen molar-refractivity contribution in [2.45, 2.75) is 25.5 Å². The zero-order valence-corrected chi connectivity index (χ0v) is 12.7. The predicted octanol–water partition coefficient (Wildman–Crippen LogP) is 2.49. The minimum Gasteiger partial charge on any atom is -0.391 e. The van der Waals surface area contributed by atoms with Gasteiger partial charge in [0.15, 0.2) is 5.82 Å². The van der Waals surface area contributed by atoms with Gasteiger partial charge in [-0.1, -0.05) is 12.1 Å². The van der Waals surface area contributed by atoms with Crippen molar-refractivity contribution < 1.29 is 9.50 Å². The second-order valence-electron chi connectivity index (χ2n) is 5.98. The van der Waals surface area contributed by atoms with Crippen LogP contribution in [0.15, 0.2) is 42.7 Å². The molecule has 0 unspecified atom stereocenters. The quantitative estimate of drug-likeness (QED) is 0.790. The van der Waals surface area contributed by atoms with Gasteiger partial charge >= 0.3 is 0 Å². The Kier molecular flexibility index (Phi) is 3.27. The van der Waals surface area contributed by atoms with E-state index in [1.165, 1.54) is 12.1 Å². The molecular formula is C17H17FN4O. The number of fused-ring (bicyclic) bond motifs is 1. The first kappa shape index (κ1) is 14.1. The van der Waals surface area contributed by atoms with Gasteiger partial charge in [-0.25, -0.2) is 13.9 Å². The first-order valence-corrected chi connectivity index (χ1v) is 7.63. The van der Waals surface area contributed by atoms with Gasteiger partial charge in [-0.2, -0.15) is 5.10 Å². The zero-order valence-electron chi connectivity index (χ0n) is 12.7. The molecule has 2 atom stereocenters. The topological polar surface area (TPSA) is 53.7 Å². The average Bonchev–Trinajstić information content (AvgIpc) is 3.09. The summed E-state index contributed by atoms with van der Waals surface area (Å²) in [5.41, 5.74) is 2.80. The fraction of sp³-hybridized carbons (Fsp3) is 0.294. The molecule has 1 fully saturated rings. The zero-order chi connectivity index (χ0) is 16.0. The Morgan fingerprint density at radius 2 is 2.04 bits per heavy atom. The standard InChI is InChI=1S/C17H17FN4O/c1-11-8-16-17(19-6-7-22(16)20-11)21-10-14(23)9-15(21)12-2-4-13(18)5-3-12/h2-8,14-15,23H,9-10H2,1H3/t14-,15+/m0/s1. The number of halogens is 1. The van der Waals surface area contributed by atoms with E-state index >= 15 is 0 Å². The molecule has 1 saturated heterocycles. The number of β-amino-alcohol motifs (C(OH)–C–C–N with tert-alkyl or cyclic N) is 1. The maximum atomic E-state index is 13.2. The van der Waals surface area contributed by atoms with Crippen LogP contribution in [-0.4, -0.2) is 32.4 Å². The highest BCUT2D eigenvalue weighted by atomic mass is 19.1. The molecule has 4 rings (SSSR count). The smallest absolute Gasteiger partial charge is 0.155 e. The molecule has 1 aliphatic rings. The van der Waals surface area contributed by atoms with Crippen LogP contribution >= 0.6 is 0 Å². The number of aliphatic hydroxyl groups excluding tert-OH is 1. The van der Waals surface area contributed by atoms with Gasteiger partial charge < -0.3 is 10.0 Å². The summed E-state index contributed by atoms with van der Waals surface area (Å²) in [4.78, 5) is 6.59. The normalized spacial score (nSPS) is 21.3. The number of benzene rings is 1. The minimum absolute atomic E-state index is 0.0282. The van der Waals surface area contributed by atoms with E-state index < -0.39 is 6.10 Å². The van der Waals surface area contributed by atoms with Crippen molar-refractivity contribution in [2.24, 2.45) is 0 Å². The summed E-state index contributed by atoms with van der Waals surface area (Å²) < 4.78 is 15.0. The summed E-state index contributed by atoms with van der Waals surface area (Å²) in [6, 6.07) is 8.40. The number of hydrogen-bond acceptors (Lipinski definition) is 4. The van der Waals surface area contributed by atoms with E-state index in [-0.39, 0.29) is 11.9 Å². The Morgan fingerprint density at radius 1 is 1.26 bits per heavy atom. The molecule has 118 valence electrons. The molecule has 6 heteroatoms. The van der Waals surface area contributed by atoms with Crippen LogP contribution in [0.4, 0.5) is 10.2 Å². The molecule has 0 saturated carbocycles. The number of hydrogen-bond donors (Lipinski definition) is 1. The summed E-state index contributed by atoms with van der Waals surface area (Å²) in [5.74, 6) is 0.532. The summed E-state index contributed by atoms with van der Waals surface area (Å²) >= 11 is 0. The van der Waals surface area contributed by atoms with Crippen molar-refractivity contribution in [2.75, 3.05) is 11.4 Å². The van der Waals surface area contributed by atoms with E-state index in [9.17, 15) is 9.50 Å². The maximum Gasteiger partial charge on any atom is 0.155 e. The van der Waals surface area contributed by atoms with Crippen molar-refractivity contribution in [3.63, 3.8) is 0 Å². The molecule has 2 aromatic heterocycles. The van der Waals surface area contributed by atoms with Crippen LogP contribution in [0.2, 0.25) is 0 Å². The molecular weight excluding hydrogens is 295 g/mol. The molecule has 5 nitrogen and oxygen atoms in total. The predicted molar refractivity (Wildman–Crippen MR) is 84.8 cm³/mol. The number of aromatic nitrogens is 3. The lowest BCUT2D eigenvalue weighted by Gasteiger charge is -2.26. The van der Waals surface area contributed by atoms with Crippen LogP contribution in [0.5, 0.6) is 0 Å². The van der Waals surface area contributed by atoms with Crippen LogP contribution in [0.1, 0.15) is 23.7 Å². The van der Waals surface area contributed by atoms with Crippen molar-refractivity contribution in [1.29, 1.82) is 0 Å². The van der Waals surface area contributed by atoms with Crippen LogP contribution in [0.3, 0.4) is 0 Å². The average molecular weight is 312 g/mol. The van der Waals surface area contributed by atoms with Crippen LogP contribution in [0, 0.1) is 12.7 Å². The fourth-order valence-corrected chi connectivity index (χ4v) is 3.30. The van der Waals surface area contributed by atoms with Crippen molar-refractivity contribution >= 4 is 11.3 Å². The van der Waals surface area contributed by atoms with Crippen LogP contribution in [-0.2, 0) is 0 Å². The van der Waals surface area contributed by atoms with Crippen molar-refractivity contribution in [1.82, 2.24) is 14.6 Å². The van der Waals surface area contributed by atoms with E-state index in [0.29, 0.717) is 13.0 Å². The molecule has 1 aromatic carbocycles. The Labute approximate surface area is 133 Å². The van der Waals surface area contributed by atoms with Gasteiger partial charge in [0.25, 0.3) is 0 Å². The van der Waals surface area contributed by atoms with Gasteiger partial charge in [0, 0.05) is 18.9 Å². The lowest BCUT2D eigenvalue weighted by atomic mass is 10.0. The van der Waals surface area contributed by atoms with Gasteiger partial charge in [0.05, 0.1) is 17.8 Å². The summed E-state index contributed by atoms with van der Waals surface area (Å²) in [5, 5.41) is 14.6. The Hall–Kier alpha value is -2.47. The lowest BCUT2D eigenvalue weighted by Crippen LogP contribution is -2.25. The molecule has 0 spiro atoms. The maximum absolute atomic E-state index is 13.2. The van der Waals surface area contributed by atoms with E-state index in [4.69, 9.17) is 0 Å². The third-order valence-corrected chi connectivity index (χ3v) is 4.30. The number of nitrogens with zero attached hydrogens (tertiary/aromatic N) is 4. The second kappa shape index (κ2) is 5.31. The Bertz CT molecular complexity index is 845. The number of aliphatic hydroxyl groups is 1. The van der Waals surface area contributed by atoms with E-state index in [1.807, 2.05) is 19.2 Å². The SMILES string of the molecule is Cc1cc2c(N3C[C@@H](O)C[C@@H]3c3ccc(F)cc3)nccn2n1. The van der Waals surface area contributed by atoms with Gasteiger partial charge in [0.1, 0.15) is 11.3 Å². The molecule has 0 radical (unpaired) electrons. The molecule has 1 aliphatic heterocycles. The third kappa shape index (κ3) is 2.45. The molecule has 0 bridgehead atoms. The first-order chi connectivity index (χ1) is 11.1. The van der Waals surface area contributed by atoms with Gasteiger partial charge in [-0.3, -0.25) is 0 Å². The number of rotatable bonds is 2. The molecule has 3 heterocycles. The molecule has 3 aromatic rings. The Balaban J connectivity index is 1.80. The largest absolute Gasteiger partial charge is 0.391 e. The number of aryl methyl sites for hydroxylation is 1. The van der Waals surface area contributed by atoms with E-state index in [2.05, 4.69) is 15.0 Å². The minimum atomic E-state index is -0.434. The summed E-state index contributed by atoms with van der Waals surface area (Å²) in [6.07, 6.45) is 3.68.